The normalized spacial score (nSPS) is 10.5. The number of aliphatic carboxylic acids is 1. The molecule has 0 fully saturated rings. The number of carbonyl (C=O) groups is 1. The fourth-order valence-corrected chi connectivity index (χ4v) is 1.54. The van der Waals surface area contributed by atoms with Gasteiger partial charge in [0.05, 0.1) is 24.1 Å². The van der Waals surface area contributed by atoms with Gasteiger partial charge in [0.25, 0.3) is 0 Å². The van der Waals surface area contributed by atoms with Gasteiger partial charge in [-0.2, -0.15) is 18.3 Å². The number of anilines is 1. The summed E-state index contributed by atoms with van der Waals surface area (Å²) in [6.45, 7) is 6.55. The summed E-state index contributed by atoms with van der Waals surface area (Å²) in [5, 5.41) is 14.4. The molecule has 0 amide bonds. The summed E-state index contributed by atoms with van der Waals surface area (Å²) in [4.78, 5) is 13.2. The van der Waals surface area contributed by atoms with Crippen molar-refractivity contribution in [1.82, 2.24) is 14.8 Å². The standard InChI is InChI=1S/C13H16N4.C2HF3O2/c1-10(2)13-5-4-11(6-15-13)8-17-9-12(14-3)7-16-17;3-2(4,5)1(6)7/h4-7,9,14H,1,8H2,2-3H3;(H,6,7). The average molecular weight is 342 g/mol. The second-order valence-electron chi connectivity index (χ2n) is 4.81. The zero-order valence-electron chi connectivity index (χ0n) is 13.1. The maximum Gasteiger partial charge on any atom is 0.490 e. The molecule has 0 aliphatic rings. The van der Waals surface area contributed by atoms with E-state index >= 15 is 0 Å². The summed E-state index contributed by atoms with van der Waals surface area (Å²) in [7, 11) is 1.88. The molecule has 0 bridgehead atoms. The molecule has 2 aromatic rings. The zero-order valence-corrected chi connectivity index (χ0v) is 13.1. The first kappa shape index (κ1) is 19.2. The Morgan fingerprint density at radius 3 is 2.38 bits per heavy atom. The number of halogens is 3. The largest absolute Gasteiger partial charge is 0.490 e. The highest BCUT2D eigenvalue weighted by Gasteiger charge is 2.38. The van der Waals surface area contributed by atoms with Crippen molar-refractivity contribution in [3.63, 3.8) is 0 Å². The van der Waals surface area contributed by atoms with Crippen LogP contribution in [-0.2, 0) is 11.3 Å². The second-order valence-corrected chi connectivity index (χ2v) is 4.81. The Balaban J connectivity index is 0.000000351. The fraction of sp³-hybridized carbons (Fsp3) is 0.267. The first-order valence-electron chi connectivity index (χ1n) is 6.74. The lowest BCUT2D eigenvalue weighted by atomic mass is 10.2. The number of allylic oxidation sites excluding steroid dienone is 1. The van der Waals surface area contributed by atoms with E-state index in [9.17, 15) is 13.2 Å². The third-order valence-corrected chi connectivity index (χ3v) is 2.77. The van der Waals surface area contributed by atoms with Crippen molar-refractivity contribution >= 4 is 17.2 Å². The minimum Gasteiger partial charge on any atom is -0.475 e. The van der Waals surface area contributed by atoms with Crippen molar-refractivity contribution in [2.45, 2.75) is 19.6 Å². The number of aromatic nitrogens is 3. The molecule has 0 radical (unpaired) electrons. The van der Waals surface area contributed by atoms with Crippen molar-refractivity contribution < 1.29 is 23.1 Å². The predicted octanol–water partition coefficient (Wildman–Crippen LogP) is 3.03. The summed E-state index contributed by atoms with van der Waals surface area (Å²) >= 11 is 0. The molecular weight excluding hydrogens is 325 g/mol. The van der Waals surface area contributed by atoms with Crippen molar-refractivity contribution in [2.24, 2.45) is 0 Å². The van der Waals surface area contributed by atoms with Crippen LogP contribution in [0.15, 0.2) is 37.3 Å². The monoisotopic (exact) mass is 342 g/mol. The van der Waals surface area contributed by atoms with Gasteiger partial charge in [-0.15, -0.1) is 0 Å². The predicted molar refractivity (Wildman–Crippen MR) is 83.5 cm³/mol. The number of carboxylic acids is 1. The van der Waals surface area contributed by atoms with E-state index in [0.717, 1.165) is 29.1 Å². The number of carboxylic acid groups (broad SMARTS) is 1. The molecule has 130 valence electrons. The van der Waals surface area contributed by atoms with Crippen molar-refractivity contribution in [3.8, 4) is 0 Å². The van der Waals surface area contributed by atoms with Gasteiger partial charge in [0, 0.05) is 19.4 Å². The van der Waals surface area contributed by atoms with E-state index in [4.69, 9.17) is 9.90 Å². The molecule has 2 heterocycles. The maximum absolute atomic E-state index is 10.6. The molecule has 0 aromatic carbocycles. The zero-order chi connectivity index (χ0) is 18.3. The molecule has 2 rings (SSSR count). The number of pyridine rings is 1. The van der Waals surface area contributed by atoms with Crippen molar-refractivity contribution in [1.29, 1.82) is 0 Å². The first-order valence-corrected chi connectivity index (χ1v) is 6.74. The molecular formula is C15H17F3N4O2. The van der Waals surface area contributed by atoms with Crippen LogP contribution < -0.4 is 5.32 Å². The van der Waals surface area contributed by atoms with Gasteiger partial charge in [-0.3, -0.25) is 9.67 Å². The number of alkyl halides is 3. The van der Waals surface area contributed by atoms with Crippen LogP contribution in [0.4, 0.5) is 18.9 Å². The number of nitrogens with one attached hydrogen (secondary N) is 1. The topological polar surface area (TPSA) is 80.0 Å². The molecule has 0 saturated carbocycles. The third-order valence-electron chi connectivity index (χ3n) is 2.77. The Labute approximate surface area is 136 Å². The van der Waals surface area contributed by atoms with Gasteiger partial charge in [0.1, 0.15) is 0 Å². The van der Waals surface area contributed by atoms with Crippen LogP contribution in [0.25, 0.3) is 5.57 Å². The molecule has 0 saturated heterocycles. The Kier molecular flexibility index (Phi) is 6.51. The quantitative estimate of drug-likeness (QED) is 0.893. The van der Waals surface area contributed by atoms with Gasteiger partial charge in [0.15, 0.2) is 0 Å². The van der Waals surface area contributed by atoms with E-state index < -0.39 is 12.1 Å². The number of hydrogen-bond donors (Lipinski definition) is 2. The molecule has 9 heteroatoms. The summed E-state index contributed by atoms with van der Waals surface area (Å²) in [6, 6.07) is 4.04. The molecule has 2 aromatic heterocycles. The van der Waals surface area contributed by atoms with Gasteiger partial charge in [-0.1, -0.05) is 12.6 Å². The molecule has 0 aliphatic heterocycles. The minimum absolute atomic E-state index is 0.727. The van der Waals surface area contributed by atoms with Gasteiger partial charge >= 0.3 is 12.1 Å². The Morgan fingerprint density at radius 1 is 1.38 bits per heavy atom. The smallest absolute Gasteiger partial charge is 0.475 e. The Bertz CT molecular complexity index is 693. The lowest BCUT2D eigenvalue weighted by molar-refractivity contribution is -0.192. The van der Waals surface area contributed by atoms with Crippen LogP contribution in [0.2, 0.25) is 0 Å². The van der Waals surface area contributed by atoms with Gasteiger partial charge in [-0.25, -0.2) is 4.79 Å². The molecule has 24 heavy (non-hydrogen) atoms. The van der Waals surface area contributed by atoms with E-state index in [-0.39, 0.29) is 0 Å². The van der Waals surface area contributed by atoms with E-state index in [0.29, 0.717) is 0 Å². The molecule has 0 atom stereocenters. The molecule has 0 spiro atoms. The highest BCUT2D eigenvalue weighted by Crippen LogP contribution is 2.13. The van der Waals surface area contributed by atoms with Crippen LogP contribution in [0.1, 0.15) is 18.2 Å². The highest BCUT2D eigenvalue weighted by atomic mass is 19.4. The van der Waals surface area contributed by atoms with E-state index in [1.807, 2.05) is 37.1 Å². The van der Waals surface area contributed by atoms with E-state index in [2.05, 4.69) is 28.0 Å². The van der Waals surface area contributed by atoms with E-state index in [1.54, 1.807) is 6.20 Å². The first-order chi connectivity index (χ1) is 11.1. The molecule has 2 N–H and O–H groups in total. The highest BCUT2D eigenvalue weighted by molar-refractivity contribution is 5.73. The third kappa shape index (κ3) is 6.11. The van der Waals surface area contributed by atoms with Crippen molar-refractivity contribution in [2.75, 3.05) is 12.4 Å². The fourth-order valence-electron chi connectivity index (χ4n) is 1.54. The average Bonchev–Trinajstić information content (AvgIpc) is 2.95. The minimum atomic E-state index is -5.08. The molecule has 6 nitrogen and oxygen atoms in total. The Hall–Kier alpha value is -2.84. The summed E-state index contributed by atoms with van der Waals surface area (Å²) < 4.78 is 33.6. The van der Waals surface area contributed by atoms with Crippen LogP contribution in [-0.4, -0.2) is 39.1 Å². The van der Waals surface area contributed by atoms with Gasteiger partial charge in [0.2, 0.25) is 0 Å². The van der Waals surface area contributed by atoms with Crippen LogP contribution in [0.3, 0.4) is 0 Å². The van der Waals surface area contributed by atoms with Crippen LogP contribution >= 0.6 is 0 Å². The summed E-state index contributed by atoms with van der Waals surface area (Å²) in [5.41, 5.74) is 4.05. The van der Waals surface area contributed by atoms with Crippen molar-refractivity contribution in [3.05, 3.63) is 48.6 Å². The number of nitrogens with zero attached hydrogens (tertiary/aromatic N) is 3. The SMILES string of the molecule is C=C(C)c1ccc(Cn2cc(NC)cn2)cn1.O=C(O)C(F)(F)F. The number of hydrogen-bond acceptors (Lipinski definition) is 4. The lowest BCUT2D eigenvalue weighted by Crippen LogP contribution is -2.21. The molecule has 0 aliphatic carbocycles. The van der Waals surface area contributed by atoms with E-state index in [1.165, 1.54) is 0 Å². The maximum atomic E-state index is 10.6. The van der Waals surface area contributed by atoms with Gasteiger partial charge in [-0.05, 0) is 24.1 Å². The van der Waals surface area contributed by atoms with Crippen LogP contribution in [0, 0.1) is 0 Å². The van der Waals surface area contributed by atoms with Gasteiger partial charge < -0.3 is 10.4 Å². The molecule has 0 unspecified atom stereocenters. The number of rotatable bonds is 4. The summed E-state index contributed by atoms with van der Waals surface area (Å²) in [5.74, 6) is -2.76. The Morgan fingerprint density at radius 2 is 2.00 bits per heavy atom. The van der Waals surface area contributed by atoms with Crippen LogP contribution in [0.5, 0.6) is 0 Å². The summed E-state index contributed by atoms with van der Waals surface area (Å²) in [6.07, 6.45) is 0.549. The lowest BCUT2D eigenvalue weighted by Gasteiger charge is -2.03. The second kappa shape index (κ2) is 8.14.